The first kappa shape index (κ1) is 14.7. The number of hydrogen-bond acceptors (Lipinski definition) is 3. The van der Waals surface area contributed by atoms with Crippen molar-refractivity contribution in [3.63, 3.8) is 0 Å². The maximum absolute atomic E-state index is 11.4. The van der Waals surface area contributed by atoms with Gasteiger partial charge in [-0.05, 0) is 38.5 Å². The van der Waals surface area contributed by atoms with Gasteiger partial charge in [0.1, 0.15) is 6.04 Å². The van der Waals surface area contributed by atoms with Gasteiger partial charge in [-0.2, -0.15) is 0 Å². The van der Waals surface area contributed by atoms with Crippen molar-refractivity contribution < 1.29 is 9.90 Å². The standard InChI is InChI=1S/C14H18ClNO2S/c1-14(2,3)16-11(13(17)18)8-19-12(16)9-5-4-6-10(15)7-9/h4-7,11-12H,8H2,1-3H3,(H,17,18)/t11-,12+/m0/s1. The van der Waals surface area contributed by atoms with Crippen LogP contribution in [0, 0.1) is 0 Å². The second-order valence-corrected chi connectivity index (χ2v) is 7.22. The summed E-state index contributed by atoms with van der Waals surface area (Å²) >= 11 is 7.70. The summed E-state index contributed by atoms with van der Waals surface area (Å²) in [5, 5.41) is 10.1. The van der Waals surface area contributed by atoms with Gasteiger partial charge in [0.15, 0.2) is 0 Å². The number of aliphatic carboxylic acids is 1. The predicted molar refractivity (Wildman–Crippen MR) is 79.7 cm³/mol. The van der Waals surface area contributed by atoms with E-state index >= 15 is 0 Å². The fourth-order valence-corrected chi connectivity index (χ4v) is 4.26. The van der Waals surface area contributed by atoms with Gasteiger partial charge in [-0.3, -0.25) is 9.69 Å². The summed E-state index contributed by atoms with van der Waals surface area (Å²) in [6, 6.07) is 7.22. The molecule has 19 heavy (non-hydrogen) atoms. The summed E-state index contributed by atoms with van der Waals surface area (Å²) in [5.74, 6) is -0.156. The number of benzene rings is 1. The van der Waals surface area contributed by atoms with E-state index in [9.17, 15) is 9.90 Å². The zero-order valence-electron chi connectivity index (χ0n) is 11.3. The lowest BCUT2D eigenvalue weighted by atomic mass is 10.0. The van der Waals surface area contributed by atoms with E-state index in [-0.39, 0.29) is 10.9 Å². The average Bonchev–Trinajstić information content (AvgIpc) is 2.73. The fraction of sp³-hybridized carbons (Fsp3) is 0.500. The number of hydrogen-bond donors (Lipinski definition) is 1. The monoisotopic (exact) mass is 299 g/mol. The molecule has 2 atom stereocenters. The third-order valence-corrected chi connectivity index (χ3v) is 4.75. The minimum absolute atomic E-state index is 0.0415. The number of carbonyl (C=O) groups is 1. The van der Waals surface area contributed by atoms with Crippen molar-refractivity contribution >= 4 is 29.3 Å². The lowest BCUT2D eigenvalue weighted by molar-refractivity contribution is -0.144. The van der Waals surface area contributed by atoms with E-state index in [0.29, 0.717) is 10.8 Å². The van der Waals surface area contributed by atoms with Crippen LogP contribution in [0.4, 0.5) is 0 Å². The average molecular weight is 300 g/mol. The van der Waals surface area contributed by atoms with Crippen molar-refractivity contribution in [3.05, 3.63) is 34.9 Å². The van der Waals surface area contributed by atoms with E-state index in [2.05, 4.69) is 4.90 Å². The highest BCUT2D eigenvalue weighted by atomic mass is 35.5. The van der Waals surface area contributed by atoms with Gasteiger partial charge in [-0.15, -0.1) is 11.8 Å². The molecule has 0 aliphatic carbocycles. The third kappa shape index (κ3) is 3.07. The predicted octanol–water partition coefficient (Wildman–Crippen LogP) is 3.64. The maximum atomic E-state index is 11.4. The Labute approximate surface area is 122 Å². The Kier molecular flexibility index (Phi) is 4.14. The van der Waals surface area contributed by atoms with Crippen LogP contribution in [0.15, 0.2) is 24.3 Å². The van der Waals surface area contributed by atoms with Gasteiger partial charge < -0.3 is 5.11 Å². The molecule has 0 radical (unpaired) electrons. The molecule has 1 aromatic carbocycles. The highest BCUT2D eigenvalue weighted by Gasteiger charge is 2.44. The fourth-order valence-electron chi connectivity index (χ4n) is 2.43. The van der Waals surface area contributed by atoms with Gasteiger partial charge in [-0.1, -0.05) is 23.7 Å². The molecule has 0 spiro atoms. The Morgan fingerprint density at radius 2 is 2.16 bits per heavy atom. The van der Waals surface area contributed by atoms with Gasteiger partial charge in [0.05, 0.1) is 5.37 Å². The first-order valence-electron chi connectivity index (χ1n) is 6.19. The summed E-state index contributed by atoms with van der Waals surface area (Å²) < 4.78 is 0. The van der Waals surface area contributed by atoms with E-state index < -0.39 is 12.0 Å². The molecule has 3 nitrogen and oxygen atoms in total. The molecule has 0 bridgehead atoms. The molecule has 1 aliphatic heterocycles. The summed E-state index contributed by atoms with van der Waals surface area (Å²) in [6.07, 6.45) is 0. The molecule has 1 aromatic rings. The lowest BCUT2D eigenvalue weighted by Crippen LogP contribution is -2.49. The normalized spacial score (nSPS) is 24.6. The van der Waals surface area contributed by atoms with Crippen LogP contribution in [0.3, 0.4) is 0 Å². The summed E-state index contributed by atoms with van der Waals surface area (Å²) in [6.45, 7) is 6.14. The Bertz CT molecular complexity index is 487. The number of carboxylic acid groups (broad SMARTS) is 1. The van der Waals surface area contributed by atoms with Crippen LogP contribution in [0.5, 0.6) is 0 Å². The topological polar surface area (TPSA) is 40.5 Å². The molecule has 1 fully saturated rings. The molecule has 1 heterocycles. The van der Waals surface area contributed by atoms with Gasteiger partial charge in [0.25, 0.3) is 0 Å². The van der Waals surface area contributed by atoms with Crippen LogP contribution in [-0.2, 0) is 4.79 Å². The van der Waals surface area contributed by atoms with Crippen molar-refractivity contribution in [1.29, 1.82) is 0 Å². The molecule has 104 valence electrons. The molecule has 1 N–H and O–H groups in total. The minimum atomic E-state index is -0.757. The Morgan fingerprint density at radius 1 is 1.47 bits per heavy atom. The van der Waals surface area contributed by atoms with E-state index in [1.54, 1.807) is 11.8 Å². The highest BCUT2D eigenvalue weighted by Crippen LogP contribution is 2.45. The van der Waals surface area contributed by atoms with Crippen LogP contribution in [0.2, 0.25) is 5.02 Å². The first-order chi connectivity index (χ1) is 8.80. The minimum Gasteiger partial charge on any atom is -0.480 e. The summed E-state index contributed by atoms with van der Waals surface area (Å²) in [5.41, 5.74) is 0.857. The Morgan fingerprint density at radius 3 is 2.68 bits per heavy atom. The van der Waals surface area contributed by atoms with Crippen molar-refractivity contribution in [3.8, 4) is 0 Å². The van der Waals surface area contributed by atoms with E-state index in [0.717, 1.165) is 5.56 Å². The third-order valence-electron chi connectivity index (χ3n) is 3.19. The number of halogens is 1. The van der Waals surface area contributed by atoms with Crippen molar-refractivity contribution in [2.75, 3.05) is 5.75 Å². The van der Waals surface area contributed by atoms with Gasteiger partial charge in [-0.25, -0.2) is 0 Å². The molecular weight excluding hydrogens is 282 g/mol. The molecule has 0 aromatic heterocycles. The van der Waals surface area contributed by atoms with E-state index in [4.69, 9.17) is 11.6 Å². The van der Waals surface area contributed by atoms with E-state index in [1.165, 1.54) is 0 Å². The van der Waals surface area contributed by atoms with Gasteiger partial charge in [0, 0.05) is 16.3 Å². The Hall–Kier alpha value is -0.710. The maximum Gasteiger partial charge on any atom is 0.321 e. The van der Waals surface area contributed by atoms with Gasteiger partial charge in [0.2, 0.25) is 0 Å². The molecule has 1 saturated heterocycles. The van der Waals surface area contributed by atoms with Crippen LogP contribution >= 0.6 is 23.4 Å². The molecular formula is C14H18ClNO2S. The lowest BCUT2D eigenvalue weighted by Gasteiger charge is -2.39. The largest absolute Gasteiger partial charge is 0.480 e. The second-order valence-electron chi connectivity index (χ2n) is 5.67. The number of carboxylic acids is 1. The smallest absolute Gasteiger partial charge is 0.321 e. The first-order valence-corrected chi connectivity index (χ1v) is 7.61. The van der Waals surface area contributed by atoms with Crippen molar-refractivity contribution in [2.45, 2.75) is 37.7 Å². The Balaban J connectivity index is 2.37. The molecule has 0 amide bonds. The van der Waals surface area contributed by atoms with Crippen LogP contribution in [-0.4, -0.2) is 33.3 Å². The summed E-state index contributed by atoms with van der Waals surface area (Å²) in [4.78, 5) is 13.5. The van der Waals surface area contributed by atoms with E-state index in [1.807, 2.05) is 45.0 Å². The van der Waals surface area contributed by atoms with Gasteiger partial charge >= 0.3 is 5.97 Å². The zero-order valence-corrected chi connectivity index (χ0v) is 12.8. The van der Waals surface area contributed by atoms with Crippen LogP contribution < -0.4 is 0 Å². The molecule has 2 rings (SSSR count). The second kappa shape index (κ2) is 5.35. The zero-order chi connectivity index (χ0) is 14.2. The van der Waals surface area contributed by atoms with Crippen LogP contribution in [0.25, 0.3) is 0 Å². The van der Waals surface area contributed by atoms with Crippen molar-refractivity contribution in [2.24, 2.45) is 0 Å². The highest BCUT2D eigenvalue weighted by molar-refractivity contribution is 7.99. The molecule has 5 heteroatoms. The number of nitrogens with zero attached hydrogens (tertiary/aromatic N) is 1. The quantitative estimate of drug-likeness (QED) is 0.905. The SMILES string of the molecule is CC(C)(C)N1[C@@H](c2cccc(Cl)c2)SC[C@H]1C(=O)O. The molecule has 0 saturated carbocycles. The summed E-state index contributed by atoms with van der Waals surface area (Å²) in [7, 11) is 0. The molecule has 1 aliphatic rings. The molecule has 0 unspecified atom stereocenters. The van der Waals surface area contributed by atoms with Crippen LogP contribution in [0.1, 0.15) is 31.7 Å². The van der Waals surface area contributed by atoms with Crippen molar-refractivity contribution in [1.82, 2.24) is 4.90 Å². The number of thioether (sulfide) groups is 1. The number of rotatable bonds is 2.